The van der Waals surface area contributed by atoms with Crippen LogP contribution in [0.25, 0.3) is 0 Å². The van der Waals surface area contributed by atoms with Gasteiger partial charge in [-0.3, -0.25) is 9.59 Å². The standard InChI is InChI=1S/C14H19N3O2S.ClH/c18-13(17-10-11-3-6-15-7-4-11)5-8-16-14(19)12-2-1-9-20-12;/h1-3,9,15H,4-8,10H2,(H,16,19)(H,17,18);1H. The average molecular weight is 330 g/mol. The number of halogens is 1. The quantitative estimate of drug-likeness (QED) is 0.689. The zero-order valence-electron chi connectivity index (χ0n) is 11.7. The summed E-state index contributed by atoms with van der Waals surface area (Å²) in [7, 11) is 0. The van der Waals surface area contributed by atoms with E-state index in [9.17, 15) is 9.59 Å². The minimum Gasteiger partial charge on any atom is -0.352 e. The van der Waals surface area contributed by atoms with Crippen molar-refractivity contribution in [2.24, 2.45) is 0 Å². The third kappa shape index (κ3) is 6.29. The van der Waals surface area contributed by atoms with E-state index in [-0.39, 0.29) is 24.2 Å². The van der Waals surface area contributed by atoms with Gasteiger partial charge in [0, 0.05) is 26.1 Å². The minimum atomic E-state index is -0.117. The van der Waals surface area contributed by atoms with Gasteiger partial charge in [-0.1, -0.05) is 17.7 Å². The molecule has 0 spiro atoms. The van der Waals surface area contributed by atoms with E-state index < -0.39 is 0 Å². The molecule has 2 amide bonds. The van der Waals surface area contributed by atoms with Gasteiger partial charge in [-0.2, -0.15) is 0 Å². The fraction of sp³-hybridized carbons (Fsp3) is 0.429. The first-order chi connectivity index (χ1) is 9.75. The number of rotatable bonds is 6. The maximum atomic E-state index is 11.7. The molecule has 0 aromatic carbocycles. The summed E-state index contributed by atoms with van der Waals surface area (Å²) in [5.74, 6) is -0.148. The highest BCUT2D eigenvalue weighted by Crippen LogP contribution is 2.07. The van der Waals surface area contributed by atoms with Gasteiger partial charge in [0.1, 0.15) is 0 Å². The Bertz CT molecular complexity index is 488. The molecule has 1 aliphatic heterocycles. The smallest absolute Gasteiger partial charge is 0.261 e. The highest BCUT2D eigenvalue weighted by molar-refractivity contribution is 7.12. The zero-order valence-corrected chi connectivity index (χ0v) is 13.3. The predicted octanol–water partition coefficient (Wildman–Crippen LogP) is 1.33. The number of nitrogens with one attached hydrogen (secondary N) is 3. The van der Waals surface area contributed by atoms with Crippen LogP contribution in [0.2, 0.25) is 0 Å². The Morgan fingerprint density at radius 3 is 2.86 bits per heavy atom. The molecule has 0 radical (unpaired) electrons. The second-order valence-electron chi connectivity index (χ2n) is 4.58. The molecule has 2 heterocycles. The molecular formula is C14H20ClN3O2S. The van der Waals surface area contributed by atoms with Gasteiger partial charge < -0.3 is 16.0 Å². The van der Waals surface area contributed by atoms with Gasteiger partial charge in [0.15, 0.2) is 0 Å². The first-order valence-electron chi connectivity index (χ1n) is 6.73. The first-order valence-corrected chi connectivity index (χ1v) is 7.60. The number of amides is 2. The van der Waals surface area contributed by atoms with Crippen LogP contribution in [0.15, 0.2) is 29.2 Å². The van der Waals surface area contributed by atoms with E-state index >= 15 is 0 Å². The predicted molar refractivity (Wildman–Crippen MR) is 87.1 cm³/mol. The summed E-state index contributed by atoms with van der Waals surface area (Å²) in [6.07, 6.45) is 3.40. The first kappa shape index (κ1) is 17.7. The summed E-state index contributed by atoms with van der Waals surface area (Å²) < 4.78 is 0. The average Bonchev–Trinajstić information content (AvgIpc) is 3.00. The van der Waals surface area contributed by atoms with Gasteiger partial charge in [-0.05, 0) is 24.4 Å². The maximum absolute atomic E-state index is 11.7. The van der Waals surface area contributed by atoms with Gasteiger partial charge in [-0.25, -0.2) is 0 Å². The van der Waals surface area contributed by atoms with Gasteiger partial charge in [0.25, 0.3) is 5.91 Å². The summed E-state index contributed by atoms with van der Waals surface area (Å²) in [4.78, 5) is 24.0. The molecule has 0 aliphatic carbocycles. The lowest BCUT2D eigenvalue weighted by Crippen LogP contribution is -2.32. The lowest BCUT2D eigenvalue weighted by Gasteiger charge is -2.14. The van der Waals surface area contributed by atoms with Crippen molar-refractivity contribution in [2.45, 2.75) is 12.8 Å². The van der Waals surface area contributed by atoms with Crippen LogP contribution in [0.4, 0.5) is 0 Å². The normalized spacial score (nSPS) is 13.8. The van der Waals surface area contributed by atoms with Crippen LogP contribution in [0, 0.1) is 0 Å². The van der Waals surface area contributed by atoms with Gasteiger partial charge in [0.05, 0.1) is 4.88 Å². The molecule has 5 nitrogen and oxygen atoms in total. The Morgan fingerprint density at radius 1 is 1.33 bits per heavy atom. The van der Waals surface area contributed by atoms with Crippen molar-refractivity contribution in [3.63, 3.8) is 0 Å². The van der Waals surface area contributed by atoms with E-state index in [4.69, 9.17) is 0 Å². The van der Waals surface area contributed by atoms with Crippen molar-refractivity contribution >= 4 is 35.6 Å². The van der Waals surface area contributed by atoms with Crippen molar-refractivity contribution in [1.82, 2.24) is 16.0 Å². The van der Waals surface area contributed by atoms with Crippen molar-refractivity contribution in [3.05, 3.63) is 34.0 Å². The molecule has 0 saturated heterocycles. The molecule has 0 fully saturated rings. The summed E-state index contributed by atoms with van der Waals surface area (Å²) >= 11 is 1.39. The molecule has 21 heavy (non-hydrogen) atoms. The van der Waals surface area contributed by atoms with Crippen LogP contribution in [-0.2, 0) is 4.79 Å². The lowest BCUT2D eigenvalue weighted by molar-refractivity contribution is -0.120. The number of hydrogen-bond donors (Lipinski definition) is 3. The number of hydrogen-bond acceptors (Lipinski definition) is 4. The molecule has 116 valence electrons. The molecule has 1 aromatic heterocycles. The van der Waals surface area contributed by atoms with Crippen LogP contribution in [0.3, 0.4) is 0 Å². The van der Waals surface area contributed by atoms with E-state index in [2.05, 4.69) is 22.0 Å². The SMILES string of the molecule is Cl.O=C(CCNC(=O)c1cccs1)NCC1=CCNCC1. The molecule has 1 aliphatic rings. The van der Waals surface area contributed by atoms with E-state index in [0.717, 1.165) is 19.5 Å². The Morgan fingerprint density at radius 2 is 2.19 bits per heavy atom. The highest BCUT2D eigenvalue weighted by atomic mass is 35.5. The molecule has 0 atom stereocenters. The molecule has 1 aromatic rings. The zero-order chi connectivity index (χ0) is 14.2. The molecule has 2 rings (SSSR count). The van der Waals surface area contributed by atoms with Gasteiger partial charge >= 0.3 is 0 Å². The second-order valence-corrected chi connectivity index (χ2v) is 5.52. The van der Waals surface area contributed by atoms with Crippen molar-refractivity contribution in [1.29, 1.82) is 0 Å². The molecule has 0 bridgehead atoms. The van der Waals surface area contributed by atoms with E-state index in [1.807, 2.05) is 11.4 Å². The Labute approximate surface area is 134 Å². The highest BCUT2D eigenvalue weighted by Gasteiger charge is 2.08. The monoisotopic (exact) mass is 329 g/mol. The fourth-order valence-electron chi connectivity index (χ4n) is 1.92. The van der Waals surface area contributed by atoms with Crippen molar-refractivity contribution in [2.75, 3.05) is 26.2 Å². The van der Waals surface area contributed by atoms with Gasteiger partial charge in [0.2, 0.25) is 5.91 Å². The Kier molecular flexibility index (Phi) is 8.04. The Balaban J connectivity index is 0.00000220. The molecule has 0 unspecified atom stereocenters. The maximum Gasteiger partial charge on any atom is 0.261 e. The van der Waals surface area contributed by atoms with E-state index in [0.29, 0.717) is 24.4 Å². The Hall–Kier alpha value is -1.37. The third-order valence-electron chi connectivity index (χ3n) is 3.05. The van der Waals surface area contributed by atoms with E-state index in [1.54, 1.807) is 6.07 Å². The number of thiophene rings is 1. The van der Waals surface area contributed by atoms with Gasteiger partial charge in [-0.15, -0.1) is 23.7 Å². The topological polar surface area (TPSA) is 70.2 Å². The lowest BCUT2D eigenvalue weighted by atomic mass is 10.1. The van der Waals surface area contributed by atoms with Crippen LogP contribution in [0.5, 0.6) is 0 Å². The van der Waals surface area contributed by atoms with Crippen LogP contribution in [0.1, 0.15) is 22.5 Å². The molecule has 3 N–H and O–H groups in total. The van der Waals surface area contributed by atoms with Crippen LogP contribution in [-0.4, -0.2) is 38.0 Å². The molecule has 7 heteroatoms. The molecule has 0 saturated carbocycles. The molecular weight excluding hydrogens is 310 g/mol. The summed E-state index contributed by atoms with van der Waals surface area (Å²) in [5, 5.41) is 10.7. The number of carbonyl (C=O) groups is 2. The third-order valence-corrected chi connectivity index (χ3v) is 3.92. The fourth-order valence-corrected chi connectivity index (χ4v) is 2.56. The van der Waals surface area contributed by atoms with Crippen molar-refractivity contribution < 1.29 is 9.59 Å². The summed E-state index contributed by atoms with van der Waals surface area (Å²) in [6, 6.07) is 3.60. The van der Waals surface area contributed by atoms with Crippen LogP contribution >= 0.6 is 23.7 Å². The van der Waals surface area contributed by atoms with Crippen molar-refractivity contribution in [3.8, 4) is 0 Å². The summed E-state index contributed by atoms with van der Waals surface area (Å²) in [5.41, 5.74) is 1.26. The second kappa shape index (κ2) is 9.55. The van der Waals surface area contributed by atoms with Crippen LogP contribution < -0.4 is 16.0 Å². The largest absolute Gasteiger partial charge is 0.352 e. The van der Waals surface area contributed by atoms with E-state index in [1.165, 1.54) is 16.9 Å². The minimum absolute atomic E-state index is 0. The number of carbonyl (C=O) groups excluding carboxylic acids is 2. The summed E-state index contributed by atoms with van der Waals surface area (Å²) in [6.45, 7) is 2.82.